The number of ketones is 1. The van der Waals surface area contributed by atoms with Crippen molar-refractivity contribution in [2.24, 2.45) is 11.8 Å². The number of carbonyl (C=O) groups is 2. The van der Waals surface area contributed by atoms with E-state index in [1.165, 1.54) is 0 Å². The van der Waals surface area contributed by atoms with E-state index in [4.69, 9.17) is 14.2 Å². The minimum Gasteiger partial charge on any atom is -0.462 e. The molecule has 1 unspecified atom stereocenters. The van der Waals surface area contributed by atoms with Gasteiger partial charge in [-0.15, -0.1) is 0 Å². The molecule has 7 heteroatoms. The highest BCUT2D eigenvalue weighted by molar-refractivity contribution is 5.85. The standard InChI is InChI=1S/C20H30F2O5/c1-2-6-17(23)20(21,22)9-5-7-13-14-11-18(24)26-16(14)12-15(13)27-19-8-3-4-10-25-19/h13-16,19H,2-12H2,1H3/t13-,14-,15-,16+,19?/m1/s1. The van der Waals surface area contributed by atoms with Crippen molar-refractivity contribution >= 4 is 11.8 Å². The van der Waals surface area contributed by atoms with Crippen molar-refractivity contribution in [3.05, 3.63) is 0 Å². The first-order valence-electron chi connectivity index (χ1n) is 10.3. The molecule has 3 aliphatic rings. The molecule has 0 spiro atoms. The molecule has 0 aromatic rings. The molecule has 5 nitrogen and oxygen atoms in total. The van der Waals surface area contributed by atoms with Gasteiger partial charge in [-0.25, -0.2) is 0 Å². The number of ether oxygens (including phenoxy) is 3. The summed E-state index contributed by atoms with van der Waals surface area (Å²) in [5, 5.41) is 0. The van der Waals surface area contributed by atoms with Crippen LogP contribution in [-0.4, -0.2) is 42.8 Å². The summed E-state index contributed by atoms with van der Waals surface area (Å²) < 4.78 is 45.2. The van der Waals surface area contributed by atoms with Gasteiger partial charge in [-0.1, -0.05) is 6.92 Å². The Balaban J connectivity index is 1.56. The average molecular weight is 388 g/mol. The fourth-order valence-electron chi connectivity index (χ4n) is 4.64. The summed E-state index contributed by atoms with van der Waals surface area (Å²) in [5.74, 6) is -4.45. The van der Waals surface area contributed by atoms with E-state index in [2.05, 4.69) is 0 Å². The first-order valence-corrected chi connectivity index (χ1v) is 10.3. The average Bonchev–Trinajstić information content (AvgIpc) is 3.12. The fraction of sp³-hybridized carbons (Fsp3) is 0.900. The number of esters is 1. The first-order chi connectivity index (χ1) is 12.9. The van der Waals surface area contributed by atoms with Gasteiger partial charge in [0.1, 0.15) is 6.10 Å². The molecule has 27 heavy (non-hydrogen) atoms. The van der Waals surface area contributed by atoms with E-state index >= 15 is 0 Å². The minimum absolute atomic E-state index is 0.0101. The van der Waals surface area contributed by atoms with Gasteiger partial charge in [-0.2, -0.15) is 8.78 Å². The van der Waals surface area contributed by atoms with Crippen molar-refractivity contribution in [2.75, 3.05) is 6.61 Å². The molecule has 0 N–H and O–H groups in total. The first kappa shape index (κ1) is 20.6. The van der Waals surface area contributed by atoms with E-state index in [1.807, 2.05) is 0 Å². The summed E-state index contributed by atoms with van der Waals surface area (Å²) in [5.41, 5.74) is 0. The molecular formula is C20H30F2O5. The highest BCUT2D eigenvalue weighted by Gasteiger charge is 2.51. The van der Waals surface area contributed by atoms with Crippen LogP contribution in [0.25, 0.3) is 0 Å². The molecule has 154 valence electrons. The molecule has 3 fully saturated rings. The number of halogens is 2. The second-order valence-electron chi connectivity index (χ2n) is 8.04. The number of hydrogen-bond acceptors (Lipinski definition) is 5. The summed E-state index contributed by atoms with van der Waals surface area (Å²) in [7, 11) is 0. The Morgan fingerprint density at radius 2 is 2.15 bits per heavy atom. The molecule has 0 aromatic carbocycles. The van der Waals surface area contributed by atoms with Crippen LogP contribution in [0.15, 0.2) is 0 Å². The fourth-order valence-corrected chi connectivity index (χ4v) is 4.64. The summed E-state index contributed by atoms with van der Waals surface area (Å²) in [4.78, 5) is 23.2. The van der Waals surface area contributed by atoms with E-state index in [0.717, 1.165) is 19.3 Å². The van der Waals surface area contributed by atoms with Crippen LogP contribution in [0.5, 0.6) is 0 Å². The van der Waals surface area contributed by atoms with Crippen LogP contribution in [0, 0.1) is 11.8 Å². The normalized spacial score (nSPS) is 33.7. The minimum atomic E-state index is -3.27. The maximum Gasteiger partial charge on any atom is 0.306 e. The van der Waals surface area contributed by atoms with Gasteiger partial charge in [0, 0.05) is 31.8 Å². The lowest BCUT2D eigenvalue weighted by Gasteiger charge is -2.30. The van der Waals surface area contributed by atoms with Crippen molar-refractivity contribution < 1.29 is 32.6 Å². The van der Waals surface area contributed by atoms with Gasteiger partial charge < -0.3 is 14.2 Å². The largest absolute Gasteiger partial charge is 0.462 e. The van der Waals surface area contributed by atoms with Gasteiger partial charge in [0.2, 0.25) is 5.78 Å². The Labute approximate surface area is 159 Å². The van der Waals surface area contributed by atoms with Gasteiger partial charge in [0.05, 0.1) is 12.5 Å². The maximum atomic E-state index is 14.0. The zero-order valence-corrected chi connectivity index (χ0v) is 16.0. The number of fused-ring (bicyclic) bond motifs is 1. The van der Waals surface area contributed by atoms with Gasteiger partial charge >= 0.3 is 11.9 Å². The predicted octanol–water partition coefficient (Wildman–Crippen LogP) is 4.02. The van der Waals surface area contributed by atoms with Crippen molar-refractivity contribution in [3.8, 4) is 0 Å². The van der Waals surface area contributed by atoms with E-state index in [1.54, 1.807) is 6.92 Å². The number of hydrogen-bond donors (Lipinski definition) is 0. The molecule has 0 aromatic heterocycles. The molecule has 2 aliphatic heterocycles. The van der Waals surface area contributed by atoms with Crippen molar-refractivity contribution in [1.29, 1.82) is 0 Å². The molecule has 3 rings (SSSR count). The van der Waals surface area contributed by atoms with Gasteiger partial charge in [0.25, 0.3) is 0 Å². The summed E-state index contributed by atoms with van der Waals surface area (Å²) >= 11 is 0. The van der Waals surface area contributed by atoms with E-state index in [-0.39, 0.29) is 49.1 Å². The number of alkyl halides is 2. The van der Waals surface area contributed by atoms with Crippen LogP contribution in [0.2, 0.25) is 0 Å². The van der Waals surface area contributed by atoms with Crippen LogP contribution < -0.4 is 0 Å². The Morgan fingerprint density at radius 1 is 1.33 bits per heavy atom. The monoisotopic (exact) mass is 388 g/mol. The second kappa shape index (κ2) is 8.95. The molecule has 0 radical (unpaired) electrons. The summed E-state index contributed by atoms with van der Waals surface area (Å²) in [6.07, 6.45) is 3.89. The maximum absolute atomic E-state index is 14.0. The SMILES string of the molecule is CCCC(=O)C(F)(F)CCC[C@@H]1[C@H]2CC(=O)O[C@H]2C[C@H]1OC1CCCCO1. The molecule has 1 aliphatic carbocycles. The third-order valence-electron chi connectivity index (χ3n) is 6.03. The second-order valence-corrected chi connectivity index (χ2v) is 8.04. The van der Waals surface area contributed by atoms with Crippen molar-refractivity contribution in [3.63, 3.8) is 0 Å². The zero-order chi connectivity index (χ0) is 19.4. The van der Waals surface area contributed by atoms with Gasteiger partial charge in [-0.05, 0) is 44.4 Å². The van der Waals surface area contributed by atoms with Crippen LogP contribution >= 0.6 is 0 Å². The molecule has 2 heterocycles. The quantitative estimate of drug-likeness (QED) is 0.558. The third kappa shape index (κ3) is 5.05. The van der Waals surface area contributed by atoms with E-state index in [0.29, 0.717) is 32.3 Å². The lowest BCUT2D eigenvalue weighted by atomic mass is 9.87. The predicted molar refractivity (Wildman–Crippen MR) is 93.3 cm³/mol. The van der Waals surface area contributed by atoms with E-state index < -0.39 is 18.1 Å². The van der Waals surface area contributed by atoms with Crippen LogP contribution in [0.1, 0.15) is 71.1 Å². The lowest BCUT2D eigenvalue weighted by molar-refractivity contribution is -0.197. The smallest absolute Gasteiger partial charge is 0.306 e. The Kier molecular flexibility index (Phi) is 6.84. The van der Waals surface area contributed by atoms with Crippen LogP contribution in [-0.2, 0) is 23.8 Å². The molecule has 0 bridgehead atoms. The van der Waals surface area contributed by atoms with Crippen LogP contribution in [0.3, 0.4) is 0 Å². The molecule has 5 atom stereocenters. The van der Waals surface area contributed by atoms with Gasteiger partial charge in [0.15, 0.2) is 6.29 Å². The Morgan fingerprint density at radius 3 is 2.85 bits per heavy atom. The molecule has 2 saturated heterocycles. The Bertz CT molecular complexity index is 532. The van der Waals surface area contributed by atoms with Crippen molar-refractivity contribution in [1.82, 2.24) is 0 Å². The lowest BCUT2D eigenvalue weighted by Crippen LogP contribution is -2.32. The summed E-state index contributed by atoms with van der Waals surface area (Å²) in [6, 6.07) is 0. The molecule has 0 amide bonds. The van der Waals surface area contributed by atoms with Gasteiger partial charge in [-0.3, -0.25) is 9.59 Å². The summed E-state index contributed by atoms with van der Waals surface area (Å²) in [6.45, 7) is 2.40. The Hall–Kier alpha value is -1.08. The number of Topliss-reactive ketones (excluding diaryl/α,β-unsaturated/α-hetero) is 1. The highest BCUT2D eigenvalue weighted by atomic mass is 19.3. The third-order valence-corrected chi connectivity index (χ3v) is 6.03. The number of rotatable bonds is 9. The molecule has 1 saturated carbocycles. The molecular weight excluding hydrogens is 358 g/mol. The van der Waals surface area contributed by atoms with E-state index in [9.17, 15) is 18.4 Å². The van der Waals surface area contributed by atoms with Crippen LogP contribution in [0.4, 0.5) is 8.78 Å². The highest BCUT2D eigenvalue weighted by Crippen LogP contribution is 2.46. The van der Waals surface area contributed by atoms with Crippen molar-refractivity contribution in [2.45, 2.75) is 95.6 Å². The zero-order valence-electron chi connectivity index (χ0n) is 16.0. The number of carbonyl (C=O) groups excluding carboxylic acids is 2. The topological polar surface area (TPSA) is 61.8 Å².